The van der Waals surface area contributed by atoms with Crippen molar-refractivity contribution in [3.8, 4) is 0 Å². The highest BCUT2D eigenvalue weighted by molar-refractivity contribution is 5.77. The Morgan fingerprint density at radius 1 is 1.47 bits per heavy atom. The lowest BCUT2D eigenvalue weighted by molar-refractivity contribution is 0.205. The van der Waals surface area contributed by atoms with Crippen LogP contribution < -0.4 is 5.73 Å². The molecule has 0 rings (SSSR count). The van der Waals surface area contributed by atoms with E-state index in [1.165, 1.54) is 34.6 Å². The maximum absolute atomic E-state index is 11.6. The van der Waals surface area contributed by atoms with Crippen molar-refractivity contribution in [2.75, 3.05) is 7.05 Å². The van der Waals surface area contributed by atoms with Gasteiger partial charge >= 0.3 is 6.03 Å². The molecular weight excluding hydrogens is 192 g/mol. The molecule has 0 saturated carbocycles. The minimum atomic E-state index is -0.269. The van der Waals surface area contributed by atoms with Gasteiger partial charge < -0.3 is 10.6 Å². The number of amides is 2. The average Bonchev–Trinajstić information content (AvgIpc) is 2.25. The van der Waals surface area contributed by atoms with Crippen LogP contribution in [0.5, 0.6) is 0 Å². The summed E-state index contributed by atoms with van der Waals surface area (Å²) in [4.78, 5) is 18.1. The van der Waals surface area contributed by atoms with Gasteiger partial charge in [0.05, 0.1) is 0 Å². The van der Waals surface area contributed by atoms with Gasteiger partial charge in [-0.15, -0.1) is 0 Å². The minimum absolute atomic E-state index is 0.269. The molecule has 0 aromatic heterocycles. The maximum atomic E-state index is 11.6. The van der Waals surface area contributed by atoms with E-state index in [0.29, 0.717) is 0 Å². The smallest absolute Gasteiger partial charge is 0.331 e. The summed E-state index contributed by atoms with van der Waals surface area (Å²) in [5.74, 6) is 0. The van der Waals surface area contributed by atoms with Gasteiger partial charge in [-0.2, -0.15) is 0 Å². The summed E-state index contributed by atoms with van der Waals surface area (Å²) >= 11 is 0. The highest BCUT2D eigenvalue weighted by Crippen LogP contribution is 1.98. The first kappa shape index (κ1) is 13.0. The van der Waals surface area contributed by atoms with Crippen molar-refractivity contribution < 1.29 is 4.79 Å². The van der Waals surface area contributed by atoms with Crippen molar-refractivity contribution in [1.82, 2.24) is 9.80 Å². The number of nitrogens with zero attached hydrogens (tertiary/aromatic N) is 3. The summed E-state index contributed by atoms with van der Waals surface area (Å²) in [6.45, 7) is 5.29. The second-order valence-electron chi connectivity index (χ2n) is 2.53. The van der Waals surface area contributed by atoms with Crippen molar-refractivity contribution in [1.29, 1.82) is 0 Å². The van der Waals surface area contributed by atoms with E-state index in [4.69, 9.17) is 5.73 Å². The largest absolute Gasteiger partial charge is 0.403 e. The monoisotopic (exact) mass is 208 g/mol. The summed E-state index contributed by atoms with van der Waals surface area (Å²) < 4.78 is 0. The van der Waals surface area contributed by atoms with Crippen LogP contribution in [0, 0.1) is 0 Å². The third-order valence-corrected chi connectivity index (χ3v) is 1.49. The Labute approximate surface area is 89.9 Å². The molecule has 0 fully saturated rings. The van der Waals surface area contributed by atoms with Gasteiger partial charge in [-0.05, 0) is 6.92 Å². The van der Waals surface area contributed by atoms with Gasteiger partial charge in [-0.25, -0.2) is 4.79 Å². The van der Waals surface area contributed by atoms with Gasteiger partial charge in [-0.3, -0.25) is 9.89 Å². The van der Waals surface area contributed by atoms with Crippen molar-refractivity contribution >= 4 is 12.2 Å². The average molecular weight is 208 g/mol. The predicted octanol–water partition coefficient (Wildman–Crippen LogP) is 1.48. The van der Waals surface area contributed by atoms with Crippen molar-refractivity contribution in [3.05, 3.63) is 37.6 Å². The van der Waals surface area contributed by atoms with E-state index >= 15 is 0 Å². The molecule has 0 aliphatic heterocycles. The van der Waals surface area contributed by atoms with Crippen LogP contribution in [0.2, 0.25) is 0 Å². The molecule has 5 nitrogen and oxygen atoms in total. The Bertz CT molecular complexity index is 294. The van der Waals surface area contributed by atoms with Crippen LogP contribution in [0.15, 0.2) is 42.6 Å². The molecule has 0 aromatic carbocycles. The number of carbonyl (C=O) groups excluding carboxylic acids is 1. The van der Waals surface area contributed by atoms with Crippen LogP contribution in [0.4, 0.5) is 4.79 Å². The van der Waals surface area contributed by atoms with Crippen molar-refractivity contribution in [2.45, 2.75) is 6.92 Å². The van der Waals surface area contributed by atoms with Crippen LogP contribution in [0.3, 0.4) is 0 Å². The Morgan fingerprint density at radius 2 is 2.13 bits per heavy atom. The fourth-order valence-corrected chi connectivity index (χ4v) is 0.766. The zero-order chi connectivity index (χ0) is 11.7. The van der Waals surface area contributed by atoms with Gasteiger partial charge in [0.2, 0.25) is 0 Å². The van der Waals surface area contributed by atoms with Gasteiger partial charge in [-0.1, -0.05) is 6.58 Å². The first-order valence-electron chi connectivity index (χ1n) is 4.38. The van der Waals surface area contributed by atoms with Crippen molar-refractivity contribution in [3.63, 3.8) is 0 Å². The van der Waals surface area contributed by atoms with Crippen LogP contribution >= 0.6 is 0 Å². The van der Waals surface area contributed by atoms with E-state index in [9.17, 15) is 4.79 Å². The molecule has 0 unspecified atom stereocenters. The molecule has 2 amide bonds. The lowest BCUT2D eigenvalue weighted by Gasteiger charge is -2.18. The van der Waals surface area contributed by atoms with E-state index < -0.39 is 0 Å². The number of hydrogen-bond donors (Lipinski definition) is 1. The van der Waals surface area contributed by atoms with Crippen LogP contribution in [0.1, 0.15) is 6.92 Å². The first-order chi connectivity index (χ1) is 7.17. The molecule has 0 radical (unpaired) electrons. The number of hydrogen-bond acceptors (Lipinski definition) is 3. The Morgan fingerprint density at radius 3 is 2.60 bits per heavy atom. The molecule has 0 aliphatic rings. The summed E-state index contributed by atoms with van der Waals surface area (Å²) in [5, 5.41) is 0. The Balaban J connectivity index is 4.47. The molecule has 15 heavy (non-hydrogen) atoms. The third-order valence-electron chi connectivity index (χ3n) is 1.49. The highest BCUT2D eigenvalue weighted by atomic mass is 16.2. The van der Waals surface area contributed by atoms with E-state index in [1.54, 1.807) is 26.4 Å². The molecule has 0 saturated heterocycles. The standard InChI is InChI=1S/C10H16N4O/c1-4-12-7-9-13(3)10(15)14(5-2)8-6-11/h4-9H,2,11H2,1,3H3/b8-6-,9-7-,12-4?. The normalized spacial score (nSPS) is 11.3. The highest BCUT2D eigenvalue weighted by Gasteiger charge is 2.10. The van der Waals surface area contributed by atoms with Gasteiger partial charge in [0.25, 0.3) is 0 Å². The molecule has 2 N–H and O–H groups in total. The minimum Gasteiger partial charge on any atom is -0.403 e. The molecule has 0 heterocycles. The lowest BCUT2D eigenvalue weighted by Crippen LogP contribution is -2.31. The summed E-state index contributed by atoms with van der Waals surface area (Å²) in [7, 11) is 1.62. The number of nitrogens with two attached hydrogens (primary N) is 1. The SMILES string of the molecule is C=CN(/C=C\N)C(=O)N(C)/C=C\N=CC. The molecule has 0 bridgehead atoms. The van der Waals surface area contributed by atoms with E-state index in [-0.39, 0.29) is 6.03 Å². The zero-order valence-corrected chi connectivity index (χ0v) is 9.00. The molecule has 5 heteroatoms. The maximum Gasteiger partial charge on any atom is 0.331 e. The molecule has 0 atom stereocenters. The number of carbonyl (C=O) groups is 1. The first-order valence-corrected chi connectivity index (χ1v) is 4.38. The van der Waals surface area contributed by atoms with Gasteiger partial charge in [0.15, 0.2) is 0 Å². The Hall–Kier alpha value is -2.04. The van der Waals surface area contributed by atoms with Crippen molar-refractivity contribution in [2.24, 2.45) is 10.7 Å². The third kappa shape index (κ3) is 4.66. The van der Waals surface area contributed by atoms with E-state index in [0.717, 1.165) is 0 Å². The Kier molecular flexibility index (Phi) is 6.37. The van der Waals surface area contributed by atoms with E-state index in [2.05, 4.69) is 11.6 Å². The van der Waals surface area contributed by atoms with Crippen LogP contribution in [-0.2, 0) is 0 Å². The summed E-state index contributed by atoms with van der Waals surface area (Å²) in [5.41, 5.74) is 5.18. The molecule has 0 aromatic rings. The number of aliphatic imine (C=N–C) groups is 1. The lowest BCUT2D eigenvalue weighted by atomic mass is 10.6. The van der Waals surface area contributed by atoms with Gasteiger partial charge in [0, 0.05) is 44.3 Å². The molecular formula is C10H16N4O. The van der Waals surface area contributed by atoms with Crippen LogP contribution in [0.25, 0.3) is 0 Å². The van der Waals surface area contributed by atoms with E-state index in [1.807, 2.05) is 0 Å². The second-order valence-corrected chi connectivity index (χ2v) is 2.53. The zero-order valence-electron chi connectivity index (χ0n) is 9.00. The molecule has 0 spiro atoms. The molecule has 0 aliphatic carbocycles. The fraction of sp³-hybridized carbons (Fsp3) is 0.200. The predicted molar refractivity (Wildman–Crippen MR) is 61.8 cm³/mol. The second kappa shape index (κ2) is 7.37. The topological polar surface area (TPSA) is 61.9 Å². The quantitative estimate of drug-likeness (QED) is 0.711. The van der Waals surface area contributed by atoms with Gasteiger partial charge in [0.1, 0.15) is 0 Å². The molecule has 82 valence electrons. The van der Waals surface area contributed by atoms with Crippen LogP contribution in [-0.4, -0.2) is 29.1 Å². The summed E-state index contributed by atoms with van der Waals surface area (Å²) in [6.07, 6.45) is 8.75. The number of rotatable bonds is 4. The number of urea groups is 1. The summed E-state index contributed by atoms with van der Waals surface area (Å²) in [6, 6.07) is -0.269. The fourth-order valence-electron chi connectivity index (χ4n) is 0.766.